The molecule has 0 aromatic heterocycles. The predicted octanol–water partition coefficient (Wildman–Crippen LogP) is 4.85. The lowest BCUT2D eigenvalue weighted by molar-refractivity contribution is -0.139. The molecule has 2 aromatic carbocycles. The summed E-state index contributed by atoms with van der Waals surface area (Å²) in [7, 11) is 1.36. The SMILES string of the molecule is CN1C[C@H](c2cccc(C(F)(F)F)c2)[C@@H](C(=O)Cc2ccc(F)cc2C(F)(F)F)C1=O. The Labute approximate surface area is 172 Å². The van der Waals surface area contributed by atoms with E-state index in [1.807, 2.05) is 0 Å². The molecule has 3 rings (SSSR count). The third kappa shape index (κ3) is 4.72. The number of benzene rings is 2. The molecule has 2 aromatic rings. The summed E-state index contributed by atoms with van der Waals surface area (Å²) in [4.78, 5) is 26.6. The molecule has 0 N–H and O–H groups in total. The molecule has 1 amide bonds. The van der Waals surface area contributed by atoms with E-state index in [1.165, 1.54) is 13.1 Å². The third-order valence-corrected chi connectivity index (χ3v) is 5.25. The van der Waals surface area contributed by atoms with E-state index < -0.39 is 64.8 Å². The van der Waals surface area contributed by atoms with Crippen LogP contribution in [0.1, 0.15) is 28.2 Å². The minimum Gasteiger partial charge on any atom is -0.344 e. The van der Waals surface area contributed by atoms with Crippen molar-refractivity contribution in [3.05, 3.63) is 70.5 Å². The second kappa shape index (κ2) is 7.97. The van der Waals surface area contributed by atoms with Gasteiger partial charge in [0.1, 0.15) is 17.5 Å². The summed E-state index contributed by atoms with van der Waals surface area (Å²) in [5, 5.41) is 0. The van der Waals surface area contributed by atoms with Crippen molar-refractivity contribution >= 4 is 11.7 Å². The number of likely N-dealkylation sites (tertiary alicyclic amines) is 1. The number of Topliss-reactive ketones (excluding diaryl/α,β-unsaturated/α-hetero) is 1. The lowest BCUT2D eigenvalue weighted by Gasteiger charge is -2.19. The molecule has 1 fully saturated rings. The van der Waals surface area contributed by atoms with Crippen molar-refractivity contribution in [1.82, 2.24) is 4.90 Å². The van der Waals surface area contributed by atoms with Gasteiger partial charge in [-0.15, -0.1) is 0 Å². The summed E-state index contributed by atoms with van der Waals surface area (Å²) in [6.45, 7) is -0.0634. The first kappa shape index (κ1) is 22.8. The third-order valence-electron chi connectivity index (χ3n) is 5.25. The van der Waals surface area contributed by atoms with Gasteiger partial charge in [-0.3, -0.25) is 9.59 Å². The van der Waals surface area contributed by atoms with Crippen LogP contribution in [0.25, 0.3) is 0 Å². The van der Waals surface area contributed by atoms with E-state index in [2.05, 4.69) is 0 Å². The van der Waals surface area contributed by atoms with Gasteiger partial charge in [0, 0.05) is 25.9 Å². The van der Waals surface area contributed by atoms with E-state index in [0.29, 0.717) is 0 Å². The number of halogens is 7. The maximum absolute atomic E-state index is 13.3. The maximum Gasteiger partial charge on any atom is 0.416 e. The first-order valence-electron chi connectivity index (χ1n) is 9.09. The van der Waals surface area contributed by atoms with Crippen molar-refractivity contribution in [2.45, 2.75) is 24.7 Å². The predicted molar refractivity (Wildman–Crippen MR) is 95.4 cm³/mol. The number of rotatable bonds is 4. The van der Waals surface area contributed by atoms with Crippen molar-refractivity contribution in [3.63, 3.8) is 0 Å². The van der Waals surface area contributed by atoms with Crippen molar-refractivity contribution in [2.75, 3.05) is 13.6 Å². The van der Waals surface area contributed by atoms with Crippen molar-refractivity contribution < 1.29 is 40.3 Å². The molecule has 10 heteroatoms. The first-order chi connectivity index (χ1) is 14.3. The topological polar surface area (TPSA) is 37.4 Å². The minimum atomic E-state index is -4.92. The van der Waals surface area contributed by atoms with Crippen molar-refractivity contribution in [3.8, 4) is 0 Å². The maximum atomic E-state index is 13.3. The van der Waals surface area contributed by atoms with Gasteiger partial charge in [0.25, 0.3) is 0 Å². The second-order valence-electron chi connectivity index (χ2n) is 7.37. The van der Waals surface area contributed by atoms with Gasteiger partial charge in [-0.05, 0) is 29.3 Å². The average Bonchev–Trinajstić information content (AvgIpc) is 2.97. The zero-order valence-corrected chi connectivity index (χ0v) is 16.0. The summed E-state index contributed by atoms with van der Waals surface area (Å²) in [5.74, 6) is -5.11. The largest absolute Gasteiger partial charge is 0.416 e. The number of hydrogen-bond acceptors (Lipinski definition) is 2. The monoisotopic (exact) mass is 447 g/mol. The molecule has 0 aliphatic carbocycles. The first-order valence-corrected chi connectivity index (χ1v) is 9.09. The molecule has 2 atom stereocenters. The van der Waals surface area contributed by atoms with Gasteiger partial charge in [-0.25, -0.2) is 4.39 Å². The molecular weight excluding hydrogens is 431 g/mol. The summed E-state index contributed by atoms with van der Waals surface area (Å²) in [5.41, 5.74) is -2.73. The number of ketones is 1. The Hall–Kier alpha value is -2.91. The molecule has 1 aliphatic rings. The molecule has 0 unspecified atom stereocenters. The zero-order chi connectivity index (χ0) is 23.1. The highest BCUT2D eigenvalue weighted by atomic mass is 19.4. The van der Waals surface area contributed by atoms with Gasteiger partial charge >= 0.3 is 12.4 Å². The van der Waals surface area contributed by atoms with E-state index in [-0.39, 0.29) is 18.2 Å². The Balaban J connectivity index is 1.96. The lowest BCUT2D eigenvalue weighted by Crippen LogP contribution is -2.30. The summed E-state index contributed by atoms with van der Waals surface area (Å²) >= 11 is 0. The minimum absolute atomic E-state index is 0.0634. The van der Waals surface area contributed by atoms with Gasteiger partial charge in [-0.2, -0.15) is 26.3 Å². The normalized spacial score (nSPS) is 19.7. The van der Waals surface area contributed by atoms with E-state index in [0.717, 1.165) is 35.2 Å². The fourth-order valence-corrected chi connectivity index (χ4v) is 3.77. The van der Waals surface area contributed by atoms with E-state index in [9.17, 15) is 40.3 Å². The van der Waals surface area contributed by atoms with Crippen LogP contribution in [0.15, 0.2) is 42.5 Å². The summed E-state index contributed by atoms with van der Waals surface area (Å²) < 4.78 is 92.2. The molecule has 166 valence electrons. The Kier molecular flexibility index (Phi) is 5.86. The Morgan fingerprint density at radius 3 is 2.32 bits per heavy atom. The van der Waals surface area contributed by atoms with Gasteiger partial charge in [-0.1, -0.05) is 24.3 Å². The second-order valence-corrected chi connectivity index (χ2v) is 7.37. The van der Waals surface area contributed by atoms with Crippen LogP contribution in [-0.2, 0) is 28.4 Å². The van der Waals surface area contributed by atoms with Crippen LogP contribution in [0.2, 0.25) is 0 Å². The summed E-state index contributed by atoms with van der Waals surface area (Å²) in [6, 6.07) is 6.00. The Morgan fingerprint density at radius 1 is 1.03 bits per heavy atom. The molecule has 0 bridgehead atoms. The van der Waals surface area contributed by atoms with Crippen LogP contribution in [0.4, 0.5) is 30.7 Å². The van der Waals surface area contributed by atoms with Crippen LogP contribution in [0.5, 0.6) is 0 Å². The van der Waals surface area contributed by atoms with E-state index in [1.54, 1.807) is 0 Å². The van der Waals surface area contributed by atoms with Crippen LogP contribution in [0.3, 0.4) is 0 Å². The fourth-order valence-electron chi connectivity index (χ4n) is 3.77. The van der Waals surface area contributed by atoms with Crippen molar-refractivity contribution in [2.24, 2.45) is 5.92 Å². The molecule has 1 aliphatic heterocycles. The van der Waals surface area contributed by atoms with Crippen LogP contribution in [-0.4, -0.2) is 30.2 Å². The highest BCUT2D eigenvalue weighted by Crippen LogP contribution is 2.38. The fraction of sp³-hybridized carbons (Fsp3) is 0.333. The van der Waals surface area contributed by atoms with Crippen molar-refractivity contribution in [1.29, 1.82) is 0 Å². The number of amides is 1. The molecule has 31 heavy (non-hydrogen) atoms. The van der Waals surface area contributed by atoms with Gasteiger partial charge in [0.05, 0.1) is 11.1 Å². The standard InChI is InChI=1S/C21H16F7NO2/c1-29-10-15(11-3-2-4-13(7-11)20(23,24)25)18(19(29)31)17(30)8-12-5-6-14(22)9-16(12)21(26,27)28/h2-7,9,15,18H,8,10H2,1H3/t15-,18+/m1/s1. The number of likely N-dealkylation sites (N-methyl/N-ethyl adjacent to an activating group) is 1. The molecule has 1 saturated heterocycles. The number of alkyl halides is 6. The quantitative estimate of drug-likeness (QED) is 0.497. The number of nitrogens with zero attached hydrogens (tertiary/aromatic N) is 1. The highest BCUT2D eigenvalue weighted by Gasteiger charge is 2.45. The molecule has 1 heterocycles. The van der Waals surface area contributed by atoms with E-state index >= 15 is 0 Å². The Bertz CT molecular complexity index is 1010. The smallest absolute Gasteiger partial charge is 0.344 e. The van der Waals surface area contributed by atoms with Gasteiger partial charge < -0.3 is 4.90 Å². The van der Waals surface area contributed by atoms with Gasteiger partial charge in [0.15, 0.2) is 0 Å². The molecule has 0 spiro atoms. The number of hydrogen-bond donors (Lipinski definition) is 0. The lowest BCUT2D eigenvalue weighted by atomic mass is 9.83. The highest BCUT2D eigenvalue weighted by molar-refractivity contribution is 6.04. The molecular formula is C21H16F7NO2. The number of carbonyl (C=O) groups is 2. The molecule has 0 saturated carbocycles. The van der Waals surface area contributed by atoms with Crippen LogP contribution >= 0.6 is 0 Å². The number of carbonyl (C=O) groups excluding carboxylic acids is 2. The zero-order valence-electron chi connectivity index (χ0n) is 16.0. The summed E-state index contributed by atoms with van der Waals surface area (Å²) in [6.07, 6.45) is -10.4. The van der Waals surface area contributed by atoms with E-state index in [4.69, 9.17) is 0 Å². The van der Waals surface area contributed by atoms with Gasteiger partial charge in [0.2, 0.25) is 5.91 Å². The average molecular weight is 447 g/mol. The van der Waals surface area contributed by atoms with Crippen LogP contribution < -0.4 is 0 Å². The van der Waals surface area contributed by atoms with Crippen LogP contribution in [0, 0.1) is 11.7 Å². The Morgan fingerprint density at radius 2 is 1.71 bits per heavy atom. The molecule has 0 radical (unpaired) electrons. The molecule has 3 nitrogen and oxygen atoms in total.